The Balaban J connectivity index is 0.00000196. The van der Waals surface area contributed by atoms with Crippen molar-refractivity contribution in [2.75, 3.05) is 0 Å². The molecule has 0 unspecified atom stereocenters. The molecule has 0 amide bonds. The van der Waals surface area contributed by atoms with Gasteiger partial charge in [0, 0.05) is 5.56 Å². The van der Waals surface area contributed by atoms with Crippen LogP contribution < -0.4 is 5.73 Å². The van der Waals surface area contributed by atoms with Crippen molar-refractivity contribution in [2.24, 2.45) is 5.73 Å². The number of carbonyl (C=O) groups is 1. The quantitative estimate of drug-likeness (QED) is 0.784. The first kappa shape index (κ1) is 13.6. The molecule has 0 fully saturated rings. The Morgan fingerprint density at radius 1 is 1.60 bits per heavy atom. The molecule has 0 aromatic heterocycles. The number of halogens is 2. The minimum Gasteiger partial charge on any atom is -0.478 e. The first-order valence-corrected chi connectivity index (χ1v) is 3.97. The highest BCUT2D eigenvalue weighted by Gasteiger charge is 2.11. The van der Waals surface area contributed by atoms with Gasteiger partial charge >= 0.3 is 5.97 Å². The third-order valence-electron chi connectivity index (χ3n) is 1.86. The van der Waals surface area contributed by atoms with Crippen LogP contribution in [0.4, 0.5) is 4.39 Å². The second kappa shape index (κ2) is 5.48. The topological polar surface area (TPSA) is 63.3 Å². The molecular weight excluding hydrogens is 221 g/mol. The SMILES string of the molecule is C=C[C@H](N)c1cc(C(=O)O)ccc1F.Cl. The summed E-state index contributed by atoms with van der Waals surface area (Å²) in [5, 5.41) is 8.67. The number of carboxylic acids is 1. The first-order chi connectivity index (χ1) is 6.56. The minimum absolute atomic E-state index is 0. The number of hydrogen-bond acceptors (Lipinski definition) is 2. The fraction of sp³-hybridized carbons (Fsp3) is 0.100. The van der Waals surface area contributed by atoms with Crippen molar-refractivity contribution in [1.29, 1.82) is 0 Å². The van der Waals surface area contributed by atoms with E-state index in [0.29, 0.717) is 0 Å². The van der Waals surface area contributed by atoms with Crippen LogP contribution in [0.15, 0.2) is 30.9 Å². The number of nitrogens with two attached hydrogens (primary N) is 1. The van der Waals surface area contributed by atoms with Crippen molar-refractivity contribution < 1.29 is 14.3 Å². The molecular formula is C10H11ClFNO2. The molecule has 0 radical (unpaired) electrons. The summed E-state index contributed by atoms with van der Waals surface area (Å²) < 4.78 is 13.1. The summed E-state index contributed by atoms with van der Waals surface area (Å²) in [6, 6.07) is 2.80. The summed E-state index contributed by atoms with van der Waals surface area (Å²) in [5.74, 6) is -1.63. The van der Waals surface area contributed by atoms with E-state index in [-0.39, 0.29) is 23.5 Å². The zero-order valence-corrected chi connectivity index (χ0v) is 8.63. The Bertz CT molecular complexity index is 382. The van der Waals surface area contributed by atoms with Gasteiger partial charge in [0.2, 0.25) is 0 Å². The van der Waals surface area contributed by atoms with Crippen LogP contribution in [-0.4, -0.2) is 11.1 Å². The summed E-state index contributed by atoms with van der Waals surface area (Å²) in [6.45, 7) is 3.41. The van der Waals surface area contributed by atoms with Gasteiger partial charge in [-0.3, -0.25) is 0 Å². The number of benzene rings is 1. The second-order valence-electron chi connectivity index (χ2n) is 2.80. The molecule has 1 atom stereocenters. The van der Waals surface area contributed by atoms with Gasteiger partial charge in [-0.1, -0.05) is 6.08 Å². The number of aromatic carboxylic acids is 1. The van der Waals surface area contributed by atoms with E-state index >= 15 is 0 Å². The molecule has 0 aliphatic rings. The molecule has 0 aliphatic carbocycles. The van der Waals surface area contributed by atoms with Crippen molar-refractivity contribution in [3.8, 4) is 0 Å². The van der Waals surface area contributed by atoms with E-state index in [4.69, 9.17) is 10.8 Å². The van der Waals surface area contributed by atoms with E-state index in [2.05, 4.69) is 6.58 Å². The van der Waals surface area contributed by atoms with Crippen molar-refractivity contribution in [3.63, 3.8) is 0 Å². The van der Waals surface area contributed by atoms with E-state index in [0.717, 1.165) is 6.07 Å². The average Bonchev–Trinajstić information content (AvgIpc) is 2.17. The van der Waals surface area contributed by atoms with E-state index in [1.54, 1.807) is 0 Å². The molecule has 0 spiro atoms. The van der Waals surface area contributed by atoms with Gasteiger partial charge in [0.1, 0.15) is 5.82 Å². The highest BCUT2D eigenvalue weighted by atomic mass is 35.5. The lowest BCUT2D eigenvalue weighted by atomic mass is 10.0. The standard InChI is InChI=1S/C10H10FNO2.ClH/c1-2-9(12)7-5-6(10(13)14)3-4-8(7)11;/h2-5,9H,1,12H2,(H,13,14);1H/t9-;/m0./s1. The van der Waals surface area contributed by atoms with Crippen LogP contribution in [0, 0.1) is 5.82 Å². The van der Waals surface area contributed by atoms with Crippen LogP contribution in [0.5, 0.6) is 0 Å². The molecule has 0 saturated carbocycles. The molecule has 0 saturated heterocycles. The minimum atomic E-state index is -1.11. The van der Waals surface area contributed by atoms with Gasteiger partial charge in [-0.05, 0) is 18.2 Å². The van der Waals surface area contributed by atoms with Crippen molar-refractivity contribution in [2.45, 2.75) is 6.04 Å². The maximum absolute atomic E-state index is 13.1. The predicted molar refractivity (Wildman–Crippen MR) is 57.7 cm³/mol. The van der Waals surface area contributed by atoms with Gasteiger partial charge in [0.15, 0.2) is 0 Å². The van der Waals surface area contributed by atoms with Crippen LogP contribution in [0.25, 0.3) is 0 Å². The van der Waals surface area contributed by atoms with Gasteiger partial charge in [0.05, 0.1) is 11.6 Å². The normalized spacial score (nSPS) is 11.3. The lowest BCUT2D eigenvalue weighted by Crippen LogP contribution is -2.10. The average molecular weight is 232 g/mol. The van der Waals surface area contributed by atoms with Gasteiger partial charge < -0.3 is 10.8 Å². The molecule has 1 rings (SSSR count). The summed E-state index contributed by atoms with van der Waals surface area (Å²) in [5.41, 5.74) is 5.66. The van der Waals surface area contributed by atoms with Crippen LogP contribution in [0.2, 0.25) is 0 Å². The molecule has 82 valence electrons. The van der Waals surface area contributed by atoms with E-state index < -0.39 is 17.8 Å². The molecule has 0 aliphatic heterocycles. The molecule has 15 heavy (non-hydrogen) atoms. The fourth-order valence-corrected chi connectivity index (χ4v) is 1.06. The van der Waals surface area contributed by atoms with E-state index in [1.165, 1.54) is 18.2 Å². The number of rotatable bonds is 3. The summed E-state index contributed by atoms with van der Waals surface area (Å²) >= 11 is 0. The van der Waals surface area contributed by atoms with Crippen LogP contribution in [-0.2, 0) is 0 Å². The molecule has 1 aromatic carbocycles. The largest absolute Gasteiger partial charge is 0.478 e. The van der Waals surface area contributed by atoms with Crippen molar-refractivity contribution in [1.82, 2.24) is 0 Å². The maximum Gasteiger partial charge on any atom is 0.335 e. The smallest absolute Gasteiger partial charge is 0.335 e. The number of carboxylic acid groups (broad SMARTS) is 1. The third kappa shape index (κ3) is 3.04. The highest BCUT2D eigenvalue weighted by Crippen LogP contribution is 2.17. The van der Waals surface area contributed by atoms with Crippen LogP contribution in [0.1, 0.15) is 22.0 Å². The molecule has 0 bridgehead atoms. The van der Waals surface area contributed by atoms with Crippen LogP contribution >= 0.6 is 12.4 Å². The summed E-state index contributed by atoms with van der Waals surface area (Å²) in [7, 11) is 0. The zero-order valence-electron chi connectivity index (χ0n) is 7.81. The van der Waals surface area contributed by atoms with Gasteiger partial charge in [-0.2, -0.15) is 0 Å². The molecule has 3 N–H and O–H groups in total. The Morgan fingerprint density at radius 2 is 2.20 bits per heavy atom. The maximum atomic E-state index is 13.1. The second-order valence-corrected chi connectivity index (χ2v) is 2.80. The highest BCUT2D eigenvalue weighted by molar-refractivity contribution is 5.87. The number of hydrogen-bond donors (Lipinski definition) is 2. The summed E-state index contributed by atoms with van der Waals surface area (Å²) in [4.78, 5) is 10.6. The lowest BCUT2D eigenvalue weighted by molar-refractivity contribution is 0.0696. The van der Waals surface area contributed by atoms with Gasteiger partial charge in [-0.25, -0.2) is 9.18 Å². The Morgan fingerprint density at radius 3 is 2.67 bits per heavy atom. The van der Waals surface area contributed by atoms with E-state index in [9.17, 15) is 9.18 Å². The van der Waals surface area contributed by atoms with E-state index in [1.807, 2.05) is 0 Å². The lowest BCUT2D eigenvalue weighted by Gasteiger charge is -2.08. The van der Waals surface area contributed by atoms with Gasteiger partial charge in [-0.15, -0.1) is 19.0 Å². The third-order valence-corrected chi connectivity index (χ3v) is 1.86. The zero-order chi connectivity index (χ0) is 10.7. The molecule has 1 aromatic rings. The Labute approximate surface area is 92.8 Å². The molecule has 3 nitrogen and oxygen atoms in total. The monoisotopic (exact) mass is 231 g/mol. The molecule has 0 heterocycles. The predicted octanol–water partition coefficient (Wildman–Crippen LogP) is 2.13. The fourth-order valence-electron chi connectivity index (χ4n) is 1.06. The van der Waals surface area contributed by atoms with Crippen molar-refractivity contribution in [3.05, 3.63) is 47.8 Å². The summed E-state index contributed by atoms with van der Waals surface area (Å²) in [6.07, 6.45) is 1.35. The first-order valence-electron chi connectivity index (χ1n) is 3.97. The van der Waals surface area contributed by atoms with Gasteiger partial charge in [0.25, 0.3) is 0 Å². The molecule has 5 heteroatoms. The van der Waals surface area contributed by atoms with Crippen molar-refractivity contribution >= 4 is 18.4 Å². The Hall–Kier alpha value is -1.39. The Kier molecular flexibility index (Phi) is 4.97. The van der Waals surface area contributed by atoms with Crippen LogP contribution in [0.3, 0.4) is 0 Å².